The van der Waals surface area contributed by atoms with Gasteiger partial charge in [-0.2, -0.15) is 0 Å². The van der Waals surface area contributed by atoms with Crippen molar-refractivity contribution >= 4 is 155 Å². The molecule has 4 amide bonds. The summed E-state index contributed by atoms with van der Waals surface area (Å²) in [5.74, 6) is 2.18. The fourth-order valence-electron chi connectivity index (χ4n) is 17.6. The molecule has 110 heavy (non-hydrogen) atoms. The van der Waals surface area contributed by atoms with Crippen LogP contribution in [0.15, 0.2) is 206 Å². The molecule has 2 aliphatic heterocycles. The average molecular weight is 1440 g/mol. The summed E-state index contributed by atoms with van der Waals surface area (Å²) in [6.45, 7) is 16.5. The number of methoxy groups -OCH3 is 2. The standard InChI is InChI=1S/C96H70N2O12/c1-47(2)59-13-11-14-60(48(3)4)91(59)97-93(101)71-41-75(107-55-21-17-51(45-99)18-22-55)85-67-37-33-63-65-35-39-69-82-70(40-36-66(80(65)82)64-34-38-68(81(67)79(63)64)86-76(42-72(94(97)102)83(71)89(85)86)108-56-23-19-52(46-100)20-24-56)88-78(110-58-31-27-54(106-10)28-32-58)44-74-84-73(43-77(87(69)90(84)88)109-57-29-25-53(105-9)26-30-57)95(103)98(96(74)104)92-61(49(5)6)15-12-16-62(92)50(7)8/h11-50H,1-10H3. The Morgan fingerprint density at radius 3 is 0.727 bits per heavy atom. The summed E-state index contributed by atoms with van der Waals surface area (Å²) in [6.07, 6.45) is 1.54. The first-order valence-corrected chi connectivity index (χ1v) is 37.1. The maximum Gasteiger partial charge on any atom is 0.266 e. The van der Waals surface area contributed by atoms with Crippen LogP contribution in [0.5, 0.6) is 57.5 Å². The first-order chi connectivity index (χ1) is 53.4. The summed E-state index contributed by atoms with van der Waals surface area (Å²) in [5.41, 5.74) is 6.47. The highest BCUT2D eigenvalue weighted by molar-refractivity contribution is 6.50. The Kier molecular flexibility index (Phi) is 15.3. The van der Waals surface area contributed by atoms with Crippen LogP contribution in [0.3, 0.4) is 0 Å². The molecule has 19 rings (SSSR count). The van der Waals surface area contributed by atoms with E-state index in [9.17, 15) is 9.59 Å². The van der Waals surface area contributed by atoms with E-state index in [0.717, 1.165) is 99.5 Å². The van der Waals surface area contributed by atoms with Gasteiger partial charge >= 0.3 is 0 Å². The highest BCUT2D eigenvalue weighted by atomic mass is 16.5. The van der Waals surface area contributed by atoms with E-state index in [1.54, 1.807) is 74.9 Å². The van der Waals surface area contributed by atoms with E-state index in [0.29, 0.717) is 134 Å². The van der Waals surface area contributed by atoms with Gasteiger partial charge in [0.2, 0.25) is 0 Å². The van der Waals surface area contributed by atoms with E-state index in [1.165, 1.54) is 9.80 Å². The number of para-hydroxylation sites is 2. The molecular formula is C96H70N2O12. The number of hydrogen-bond acceptors (Lipinski definition) is 12. The van der Waals surface area contributed by atoms with Gasteiger partial charge in [-0.3, -0.25) is 28.8 Å². The van der Waals surface area contributed by atoms with Crippen LogP contribution in [0, 0.1) is 0 Å². The van der Waals surface area contributed by atoms with E-state index in [1.807, 2.05) is 97.1 Å². The Labute approximate surface area is 631 Å². The topological polar surface area (TPSA) is 164 Å². The molecule has 0 spiro atoms. The van der Waals surface area contributed by atoms with Crippen LogP contribution in [-0.4, -0.2) is 50.4 Å². The number of carbonyl (C=O) groups excluding carboxylic acids is 6. The number of nitrogens with zero attached hydrogens (tertiary/aromatic N) is 2. The van der Waals surface area contributed by atoms with Crippen LogP contribution < -0.4 is 38.2 Å². The predicted molar refractivity (Wildman–Crippen MR) is 437 cm³/mol. The smallest absolute Gasteiger partial charge is 0.266 e. The first-order valence-electron chi connectivity index (χ1n) is 37.1. The number of anilines is 2. The van der Waals surface area contributed by atoms with E-state index in [2.05, 4.69) is 104 Å². The Bertz CT molecular complexity index is 6470. The van der Waals surface area contributed by atoms with E-state index in [4.69, 9.17) is 28.4 Å². The zero-order valence-electron chi connectivity index (χ0n) is 61.9. The Morgan fingerprint density at radius 2 is 0.491 bits per heavy atom. The lowest BCUT2D eigenvalue weighted by atomic mass is 9.79. The van der Waals surface area contributed by atoms with Crippen molar-refractivity contribution in [2.75, 3.05) is 24.0 Å². The number of benzene rings is 17. The molecule has 536 valence electrons. The Morgan fingerprint density at radius 1 is 0.264 bits per heavy atom. The maximum absolute atomic E-state index is 16.2. The minimum atomic E-state index is -0.513. The second kappa shape index (κ2) is 25.1. The molecule has 2 heterocycles. The quantitative estimate of drug-likeness (QED) is 0.0346. The lowest BCUT2D eigenvalue weighted by molar-refractivity contribution is 0.0877. The normalized spacial score (nSPS) is 13.3. The number of aldehydes is 2. The minimum Gasteiger partial charge on any atom is -0.497 e. The monoisotopic (exact) mass is 1440 g/mol. The number of hydrogen-bond donors (Lipinski definition) is 0. The van der Waals surface area contributed by atoms with Crippen molar-refractivity contribution in [3.63, 3.8) is 0 Å². The largest absolute Gasteiger partial charge is 0.497 e. The molecule has 0 aromatic heterocycles. The maximum atomic E-state index is 16.2. The molecule has 2 aliphatic rings. The number of amides is 4. The number of imide groups is 2. The molecule has 0 fully saturated rings. The summed E-state index contributed by atoms with van der Waals surface area (Å²) >= 11 is 0. The van der Waals surface area contributed by atoms with Gasteiger partial charge < -0.3 is 28.4 Å². The number of carbonyl (C=O) groups is 6. The summed E-state index contributed by atoms with van der Waals surface area (Å²) in [6, 6.07) is 64.4. The molecular weight excluding hydrogens is 1370 g/mol. The van der Waals surface area contributed by atoms with Crippen LogP contribution in [0.1, 0.15) is 163 Å². The molecule has 0 radical (unpaired) electrons. The van der Waals surface area contributed by atoms with Gasteiger partial charge in [0.25, 0.3) is 23.6 Å². The molecule has 0 unspecified atom stereocenters. The van der Waals surface area contributed by atoms with Gasteiger partial charge in [-0.25, -0.2) is 9.80 Å². The van der Waals surface area contributed by atoms with E-state index in [-0.39, 0.29) is 34.8 Å². The van der Waals surface area contributed by atoms with E-state index < -0.39 is 23.6 Å². The van der Waals surface area contributed by atoms with Crippen LogP contribution in [0.4, 0.5) is 11.4 Å². The zero-order valence-corrected chi connectivity index (χ0v) is 61.9. The highest BCUT2D eigenvalue weighted by Crippen LogP contribution is 2.59. The van der Waals surface area contributed by atoms with Crippen molar-refractivity contribution in [3.8, 4) is 57.5 Å². The van der Waals surface area contributed by atoms with Crippen molar-refractivity contribution in [3.05, 3.63) is 262 Å². The second-order valence-electron chi connectivity index (χ2n) is 30.0. The Balaban J connectivity index is 0.930. The molecule has 17 aromatic carbocycles. The van der Waals surface area contributed by atoms with Gasteiger partial charge in [0, 0.05) is 54.2 Å². The number of rotatable bonds is 18. The number of fused-ring (bicyclic) bond motifs is 6. The molecule has 0 saturated carbocycles. The van der Waals surface area contributed by atoms with Crippen LogP contribution in [0.25, 0.3) is 108 Å². The molecule has 0 N–H and O–H groups in total. The summed E-state index contributed by atoms with van der Waals surface area (Å²) in [7, 11) is 3.22. The number of ether oxygens (including phenoxy) is 6. The van der Waals surface area contributed by atoms with Gasteiger partial charge in [-0.1, -0.05) is 140 Å². The fourth-order valence-corrected chi connectivity index (χ4v) is 17.6. The second-order valence-corrected chi connectivity index (χ2v) is 30.0. The van der Waals surface area contributed by atoms with Crippen LogP contribution >= 0.6 is 0 Å². The lowest BCUT2D eigenvalue weighted by Gasteiger charge is -2.33. The molecule has 14 heteroatoms. The van der Waals surface area contributed by atoms with Gasteiger partial charge in [-0.15, -0.1) is 0 Å². The minimum absolute atomic E-state index is 0.0542. The van der Waals surface area contributed by atoms with Crippen molar-refractivity contribution < 1.29 is 57.2 Å². The SMILES string of the molecule is COc1ccc(Oc2cc3c4c(cc(Oc5ccc(OC)cc5)c5c6ccc7c8ccc9c%10c(Oc%11ccc(C=O)cc%11)cc%11c%12c(cc(Oc%13ccc(C=O)cc%13)c(c%13ccc(c%14ccc(c2c45)c6c%147)c8c%139)c%12%10)C(=O)N(c2c(C(C)C)cccc2C(C)C)C%11=O)C(=O)N(c2c(C(C)C)cccc2C(C)C)C3=O)cc1. The molecule has 0 bridgehead atoms. The average Bonchev–Trinajstić information content (AvgIpc) is 0.656. The fraction of sp³-hybridized carbons (Fsp3) is 0.146. The summed E-state index contributed by atoms with van der Waals surface area (Å²) < 4.78 is 40.0. The molecule has 17 aromatic rings. The van der Waals surface area contributed by atoms with Gasteiger partial charge in [0.05, 0.1) is 47.8 Å². The van der Waals surface area contributed by atoms with Crippen molar-refractivity contribution in [2.24, 2.45) is 0 Å². The zero-order chi connectivity index (χ0) is 75.7. The van der Waals surface area contributed by atoms with Crippen LogP contribution in [0.2, 0.25) is 0 Å². The van der Waals surface area contributed by atoms with Gasteiger partial charge in [-0.05, 0) is 232 Å². The van der Waals surface area contributed by atoms with Crippen molar-refractivity contribution in [2.45, 2.75) is 79.1 Å². The van der Waals surface area contributed by atoms with E-state index >= 15 is 19.2 Å². The molecule has 0 aliphatic carbocycles. The molecule has 14 nitrogen and oxygen atoms in total. The molecule has 0 atom stereocenters. The third-order valence-electron chi connectivity index (χ3n) is 22.6. The summed E-state index contributed by atoms with van der Waals surface area (Å²) in [4.78, 5) is 91.6. The van der Waals surface area contributed by atoms with Crippen molar-refractivity contribution in [1.29, 1.82) is 0 Å². The first kappa shape index (κ1) is 67.2. The highest BCUT2D eigenvalue weighted by Gasteiger charge is 2.43. The third-order valence-corrected chi connectivity index (χ3v) is 22.6. The molecule has 0 saturated heterocycles. The van der Waals surface area contributed by atoms with Gasteiger partial charge in [0.1, 0.15) is 70.1 Å². The Hall–Kier alpha value is -13.5. The third kappa shape index (κ3) is 9.80. The predicted octanol–water partition coefficient (Wildman–Crippen LogP) is 24.4. The summed E-state index contributed by atoms with van der Waals surface area (Å²) in [5, 5.41) is 15.1. The van der Waals surface area contributed by atoms with Crippen LogP contribution in [-0.2, 0) is 0 Å². The van der Waals surface area contributed by atoms with Crippen molar-refractivity contribution in [1.82, 2.24) is 0 Å². The van der Waals surface area contributed by atoms with Gasteiger partial charge in [0.15, 0.2) is 0 Å². The lowest BCUT2D eigenvalue weighted by Crippen LogP contribution is -2.42.